The summed E-state index contributed by atoms with van der Waals surface area (Å²) < 4.78 is 0. The van der Waals surface area contributed by atoms with E-state index >= 15 is 0 Å². The summed E-state index contributed by atoms with van der Waals surface area (Å²) in [5.41, 5.74) is 5.33. The van der Waals surface area contributed by atoms with Gasteiger partial charge in [-0.3, -0.25) is 4.79 Å². The first-order valence-corrected chi connectivity index (χ1v) is 5.94. The van der Waals surface area contributed by atoms with E-state index < -0.39 is 0 Å². The second-order valence-electron chi connectivity index (χ2n) is 4.80. The maximum atomic E-state index is 11.5. The maximum Gasteiger partial charge on any atom is 0.227 e. The molecule has 4 nitrogen and oxygen atoms in total. The molecule has 0 bridgehead atoms. The summed E-state index contributed by atoms with van der Waals surface area (Å²) in [6, 6.07) is 0.164. The topological polar surface area (TPSA) is 58.4 Å². The Kier molecular flexibility index (Phi) is 7.25. The minimum Gasteiger partial charge on any atom is -0.393 e. The van der Waals surface area contributed by atoms with E-state index in [4.69, 9.17) is 18.0 Å². The van der Waals surface area contributed by atoms with Crippen molar-refractivity contribution in [3.8, 4) is 0 Å². The number of likely N-dealkylation sites (N-methyl/N-ethyl adjacent to an activating group) is 1. The van der Waals surface area contributed by atoms with Gasteiger partial charge in [0, 0.05) is 12.6 Å². The molecule has 0 spiro atoms. The van der Waals surface area contributed by atoms with Gasteiger partial charge in [-0.05, 0) is 26.4 Å². The Bertz CT molecular complexity index is 231. The summed E-state index contributed by atoms with van der Waals surface area (Å²) in [5.74, 6) is 0.468. The van der Waals surface area contributed by atoms with E-state index in [1.807, 2.05) is 14.1 Å². The summed E-state index contributed by atoms with van der Waals surface area (Å²) in [6.45, 7) is 5.12. The molecule has 0 aliphatic carbocycles. The predicted molar refractivity (Wildman–Crippen MR) is 71.3 cm³/mol. The number of amides is 1. The molecule has 0 fully saturated rings. The number of nitrogens with zero attached hydrogens (tertiary/aromatic N) is 1. The van der Waals surface area contributed by atoms with Crippen molar-refractivity contribution in [1.29, 1.82) is 0 Å². The van der Waals surface area contributed by atoms with Crippen LogP contribution in [-0.4, -0.2) is 42.5 Å². The molecule has 94 valence electrons. The smallest absolute Gasteiger partial charge is 0.227 e. The van der Waals surface area contributed by atoms with Crippen molar-refractivity contribution >= 4 is 23.1 Å². The molecule has 0 aliphatic heterocycles. The van der Waals surface area contributed by atoms with E-state index in [1.165, 1.54) is 0 Å². The van der Waals surface area contributed by atoms with Gasteiger partial charge in [0.1, 0.15) is 0 Å². The SMILES string of the molecule is CC(C)CC(CN(C)C)NC(=O)CC(N)=S. The normalized spacial score (nSPS) is 12.9. The van der Waals surface area contributed by atoms with Crippen LogP contribution in [0.2, 0.25) is 0 Å². The molecule has 0 rings (SSSR count). The van der Waals surface area contributed by atoms with E-state index in [0.717, 1.165) is 13.0 Å². The first-order valence-electron chi connectivity index (χ1n) is 5.53. The number of nitrogens with one attached hydrogen (secondary N) is 1. The molecule has 1 amide bonds. The second-order valence-corrected chi connectivity index (χ2v) is 5.32. The molecule has 0 aliphatic rings. The lowest BCUT2D eigenvalue weighted by atomic mass is 10.0. The van der Waals surface area contributed by atoms with Gasteiger partial charge in [-0.15, -0.1) is 0 Å². The van der Waals surface area contributed by atoms with Crippen molar-refractivity contribution in [2.45, 2.75) is 32.7 Å². The molecule has 0 aromatic rings. The molecule has 0 aromatic carbocycles. The van der Waals surface area contributed by atoms with Crippen LogP contribution in [0.5, 0.6) is 0 Å². The van der Waals surface area contributed by atoms with Crippen molar-refractivity contribution in [3.63, 3.8) is 0 Å². The quantitative estimate of drug-likeness (QED) is 0.650. The van der Waals surface area contributed by atoms with Crippen molar-refractivity contribution in [3.05, 3.63) is 0 Å². The highest BCUT2D eigenvalue weighted by Crippen LogP contribution is 2.05. The number of rotatable bonds is 7. The van der Waals surface area contributed by atoms with Crippen molar-refractivity contribution in [1.82, 2.24) is 10.2 Å². The summed E-state index contributed by atoms with van der Waals surface area (Å²) in [5, 5.41) is 2.96. The molecule has 0 saturated carbocycles. The average molecular weight is 245 g/mol. The molecule has 5 heteroatoms. The van der Waals surface area contributed by atoms with Crippen LogP contribution in [0.1, 0.15) is 26.7 Å². The third kappa shape index (κ3) is 8.61. The summed E-state index contributed by atoms with van der Waals surface area (Å²) in [6.07, 6.45) is 1.10. The predicted octanol–water partition coefficient (Wildman–Crippen LogP) is 0.755. The molecule has 1 unspecified atom stereocenters. The maximum absolute atomic E-state index is 11.5. The Morgan fingerprint density at radius 1 is 1.44 bits per heavy atom. The number of hydrogen-bond donors (Lipinski definition) is 2. The van der Waals surface area contributed by atoms with E-state index in [-0.39, 0.29) is 23.4 Å². The van der Waals surface area contributed by atoms with Crippen molar-refractivity contribution < 1.29 is 4.79 Å². The van der Waals surface area contributed by atoms with E-state index in [2.05, 4.69) is 24.1 Å². The summed E-state index contributed by atoms with van der Waals surface area (Å²) in [7, 11) is 3.99. The molecule has 3 N–H and O–H groups in total. The Morgan fingerprint density at radius 2 is 2.00 bits per heavy atom. The number of carbonyl (C=O) groups is 1. The monoisotopic (exact) mass is 245 g/mol. The molecular weight excluding hydrogens is 222 g/mol. The third-order valence-corrected chi connectivity index (χ3v) is 2.19. The zero-order chi connectivity index (χ0) is 12.7. The second kappa shape index (κ2) is 7.57. The zero-order valence-corrected chi connectivity index (χ0v) is 11.4. The van der Waals surface area contributed by atoms with Gasteiger partial charge >= 0.3 is 0 Å². The number of carbonyl (C=O) groups excluding carboxylic acids is 1. The van der Waals surface area contributed by atoms with Crippen LogP contribution < -0.4 is 11.1 Å². The molecular formula is C11H23N3OS. The Morgan fingerprint density at radius 3 is 2.38 bits per heavy atom. The number of thiocarbonyl (C=S) groups is 1. The van der Waals surface area contributed by atoms with Gasteiger partial charge < -0.3 is 16.0 Å². The van der Waals surface area contributed by atoms with Gasteiger partial charge in [-0.25, -0.2) is 0 Å². The van der Waals surface area contributed by atoms with Gasteiger partial charge in [-0.1, -0.05) is 26.1 Å². The van der Waals surface area contributed by atoms with Crippen molar-refractivity contribution in [2.24, 2.45) is 11.7 Å². The highest BCUT2D eigenvalue weighted by atomic mass is 32.1. The Labute approximate surface area is 104 Å². The van der Waals surface area contributed by atoms with Crippen LogP contribution in [0.15, 0.2) is 0 Å². The molecule has 0 radical (unpaired) electrons. The van der Waals surface area contributed by atoms with Crippen LogP contribution in [-0.2, 0) is 4.79 Å². The molecule has 0 aromatic heterocycles. The first kappa shape index (κ1) is 15.3. The minimum absolute atomic E-state index is 0.0833. The Balaban J connectivity index is 4.18. The van der Waals surface area contributed by atoms with Crippen LogP contribution in [0, 0.1) is 5.92 Å². The molecule has 0 saturated heterocycles. The lowest BCUT2D eigenvalue weighted by molar-refractivity contribution is -0.120. The van der Waals surface area contributed by atoms with Gasteiger partial charge in [-0.2, -0.15) is 0 Å². The Hall–Kier alpha value is -0.680. The van der Waals surface area contributed by atoms with Crippen molar-refractivity contribution in [2.75, 3.05) is 20.6 Å². The fourth-order valence-electron chi connectivity index (χ4n) is 1.63. The van der Waals surface area contributed by atoms with Crippen LogP contribution in [0.25, 0.3) is 0 Å². The zero-order valence-electron chi connectivity index (χ0n) is 10.6. The lowest BCUT2D eigenvalue weighted by Crippen LogP contribution is -2.43. The third-order valence-electron chi connectivity index (χ3n) is 2.04. The van der Waals surface area contributed by atoms with Gasteiger partial charge in [0.05, 0.1) is 11.4 Å². The average Bonchev–Trinajstić information content (AvgIpc) is 1.97. The standard InChI is InChI=1S/C11H23N3OS/c1-8(2)5-9(7-14(3)4)13-11(15)6-10(12)16/h8-9H,5-7H2,1-4H3,(H2,12,16)(H,13,15). The minimum atomic E-state index is -0.0833. The highest BCUT2D eigenvalue weighted by molar-refractivity contribution is 7.80. The van der Waals surface area contributed by atoms with E-state index in [0.29, 0.717) is 5.92 Å². The summed E-state index contributed by atoms with van der Waals surface area (Å²) >= 11 is 4.71. The van der Waals surface area contributed by atoms with Crippen LogP contribution in [0.4, 0.5) is 0 Å². The fraction of sp³-hybridized carbons (Fsp3) is 0.818. The summed E-state index contributed by atoms with van der Waals surface area (Å²) in [4.78, 5) is 13.8. The highest BCUT2D eigenvalue weighted by Gasteiger charge is 2.15. The van der Waals surface area contributed by atoms with E-state index in [1.54, 1.807) is 0 Å². The number of hydrogen-bond acceptors (Lipinski definition) is 3. The molecule has 0 heterocycles. The molecule has 1 atom stereocenters. The van der Waals surface area contributed by atoms with Crippen LogP contribution in [0.3, 0.4) is 0 Å². The molecule has 16 heavy (non-hydrogen) atoms. The fourth-order valence-corrected chi connectivity index (χ4v) is 1.76. The first-order chi connectivity index (χ1) is 7.31. The van der Waals surface area contributed by atoms with E-state index in [9.17, 15) is 4.79 Å². The van der Waals surface area contributed by atoms with Crippen LogP contribution >= 0.6 is 12.2 Å². The van der Waals surface area contributed by atoms with Gasteiger partial charge in [0.15, 0.2) is 0 Å². The van der Waals surface area contributed by atoms with Gasteiger partial charge in [0.2, 0.25) is 5.91 Å². The number of nitrogens with two attached hydrogens (primary N) is 1. The lowest BCUT2D eigenvalue weighted by Gasteiger charge is -2.23. The largest absolute Gasteiger partial charge is 0.393 e. The van der Waals surface area contributed by atoms with Gasteiger partial charge in [0.25, 0.3) is 0 Å².